The Labute approximate surface area is 197 Å². The molecule has 0 spiro atoms. The molecule has 12 heteroatoms. The van der Waals surface area contributed by atoms with Gasteiger partial charge in [0.05, 0.1) is 11.6 Å². The Morgan fingerprint density at radius 3 is 2.27 bits per heavy atom. The van der Waals surface area contributed by atoms with E-state index in [4.69, 9.17) is 24.7 Å². The van der Waals surface area contributed by atoms with E-state index < -0.39 is 0 Å². The number of hydrogen-bond acceptors (Lipinski definition) is 11. The molecule has 0 aliphatic heterocycles. The van der Waals surface area contributed by atoms with Gasteiger partial charge >= 0.3 is 6.01 Å². The average molecular weight is 512 g/mol. The summed E-state index contributed by atoms with van der Waals surface area (Å²) >= 11 is 3.27. The number of para-hydroxylation sites is 2. The molecule has 33 heavy (non-hydrogen) atoms. The summed E-state index contributed by atoms with van der Waals surface area (Å²) in [6.45, 7) is 0.254. The Balaban J connectivity index is 1.58. The molecule has 4 rings (SSSR count). The average Bonchev–Trinajstić information content (AvgIpc) is 2.85. The lowest BCUT2D eigenvalue weighted by Crippen LogP contribution is -2.13. The van der Waals surface area contributed by atoms with Gasteiger partial charge in [-0.05, 0) is 34.1 Å². The molecule has 0 saturated carbocycles. The van der Waals surface area contributed by atoms with Crippen molar-refractivity contribution in [2.24, 2.45) is 0 Å². The van der Waals surface area contributed by atoms with E-state index in [0.29, 0.717) is 11.5 Å². The summed E-state index contributed by atoms with van der Waals surface area (Å²) < 4.78 is 23.4. The molecule has 0 bridgehead atoms. The first-order chi connectivity index (χ1) is 16.1. The van der Waals surface area contributed by atoms with E-state index >= 15 is 0 Å². The molecule has 0 unspecified atom stereocenters. The molecule has 0 atom stereocenters. The van der Waals surface area contributed by atoms with E-state index in [2.05, 4.69) is 45.8 Å². The van der Waals surface area contributed by atoms with Crippen LogP contribution >= 0.6 is 15.9 Å². The predicted octanol–water partition coefficient (Wildman–Crippen LogP) is 3.33. The smallest absolute Gasteiger partial charge is 0.316 e. The number of nitrogens with two attached hydrogens (primary N) is 1. The van der Waals surface area contributed by atoms with Crippen molar-refractivity contribution in [3.8, 4) is 40.8 Å². The van der Waals surface area contributed by atoms with Crippen molar-refractivity contribution >= 4 is 21.7 Å². The molecule has 0 aliphatic rings. The van der Waals surface area contributed by atoms with E-state index in [1.807, 2.05) is 6.07 Å². The quantitative estimate of drug-likeness (QED) is 0.330. The van der Waals surface area contributed by atoms with Crippen molar-refractivity contribution < 1.29 is 18.9 Å². The van der Waals surface area contributed by atoms with Gasteiger partial charge in [-0.1, -0.05) is 12.1 Å². The maximum absolute atomic E-state index is 6.20. The molecule has 11 nitrogen and oxygen atoms in total. The summed E-state index contributed by atoms with van der Waals surface area (Å²) in [6.07, 6.45) is 6.32. The molecule has 3 aromatic heterocycles. The van der Waals surface area contributed by atoms with Gasteiger partial charge in [-0.25, -0.2) is 24.9 Å². The first-order valence-electron chi connectivity index (χ1n) is 9.63. The van der Waals surface area contributed by atoms with Gasteiger partial charge in [0.15, 0.2) is 23.1 Å². The predicted molar refractivity (Wildman–Crippen MR) is 121 cm³/mol. The number of nitrogen functional groups attached to an aromatic ring is 1. The zero-order valence-electron chi connectivity index (χ0n) is 17.4. The van der Waals surface area contributed by atoms with Crippen molar-refractivity contribution in [3.63, 3.8) is 0 Å². The molecule has 0 radical (unpaired) electrons. The topological polar surface area (TPSA) is 140 Å². The Morgan fingerprint density at radius 2 is 1.55 bits per heavy atom. The first kappa shape index (κ1) is 22.1. The molecule has 0 saturated heterocycles. The van der Waals surface area contributed by atoms with Gasteiger partial charge in [0, 0.05) is 24.8 Å². The minimum atomic E-state index is 0.0468. The second kappa shape index (κ2) is 10.5. The zero-order valence-corrected chi connectivity index (χ0v) is 19.0. The van der Waals surface area contributed by atoms with Gasteiger partial charge in [-0.3, -0.25) is 0 Å². The van der Waals surface area contributed by atoms with Crippen LogP contribution in [0.25, 0.3) is 11.6 Å². The third-order valence-corrected chi connectivity index (χ3v) is 4.47. The Morgan fingerprint density at radius 1 is 0.848 bits per heavy atom. The summed E-state index contributed by atoms with van der Waals surface area (Å²) in [4.78, 5) is 25.1. The van der Waals surface area contributed by atoms with Gasteiger partial charge in [-0.15, -0.1) is 0 Å². The van der Waals surface area contributed by atoms with Crippen LogP contribution in [0.2, 0.25) is 0 Å². The minimum absolute atomic E-state index is 0.0468. The van der Waals surface area contributed by atoms with Crippen molar-refractivity contribution in [3.05, 3.63) is 59.6 Å². The number of halogens is 1. The van der Waals surface area contributed by atoms with E-state index in [-0.39, 0.29) is 48.3 Å². The maximum atomic E-state index is 6.20. The third kappa shape index (κ3) is 5.60. The third-order valence-electron chi connectivity index (χ3n) is 4.06. The summed E-state index contributed by atoms with van der Waals surface area (Å²) in [5, 5.41) is 0. The fourth-order valence-corrected chi connectivity index (χ4v) is 2.82. The molecule has 0 fully saturated rings. The van der Waals surface area contributed by atoms with Crippen LogP contribution in [0.1, 0.15) is 0 Å². The van der Waals surface area contributed by atoms with Crippen molar-refractivity contribution in [1.82, 2.24) is 29.9 Å². The van der Waals surface area contributed by atoms with E-state index in [9.17, 15) is 0 Å². The molecule has 0 aliphatic carbocycles. The molecule has 1 aromatic carbocycles. The van der Waals surface area contributed by atoms with Crippen LogP contribution in [0, 0.1) is 0 Å². The molecule has 4 aromatic rings. The Bertz CT molecular complexity index is 1210. The maximum Gasteiger partial charge on any atom is 0.316 e. The fraction of sp³-hybridized carbons (Fsp3) is 0.143. The Hall–Kier alpha value is -4.06. The van der Waals surface area contributed by atoms with E-state index in [0.717, 1.165) is 4.47 Å². The van der Waals surface area contributed by atoms with Gasteiger partial charge in [0.2, 0.25) is 11.6 Å². The minimum Gasteiger partial charge on any atom is -0.493 e. The molecular formula is C21H18BrN7O4. The number of nitrogens with zero attached hydrogens (tertiary/aromatic N) is 6. The number of rotatable bonds is 9. The van der Waals surface area contributed by atoms with Crippen molar-refractivity contribution in [1.29, 1.82) is 0 Å². The van der Waals surface area contributed by atoms with Crippen LogP contribution in [-0.4, -0.2) is 50.2 Å². The summed E-state index contributed by atoms with van der Waals surface area (Å²) in [7, 11) is 1.54. The number of hydrogen-bond donors (Lipinski definition) is 1. The fourth-order valence-electron chi connectivity index (χ4n) is 2.61. The molecule has 3 heterocycles. The molecule has 2 N–H and O–H groups in total. The van der Waals surface area contributed by atoms with Crippen LogP contribution in [0.4, 0.5) is 5.82 Å². The summed E-state index contributed by atoms with van der Waals surface area (Å²) in [6, 6.07) is 9.00. The van der Waals surface area contributed by atoms with Gasteiger partial charge in [0.1, 0.15) is 13.2 Å². The number of benzene rings is 1. The highest BCUT2D eigenvalue weighted by molar-refractivity contribution is 9.10. The lowest BCUT2D eigenvalue weighted by molar-refractivity contribution is 0.197. The number of aromatic nitrogens is 6. The van der Waals surface area contributed by atoms with Crippen molar-refractivity contribution in [2.75, 3.05) is 26.1 Å². The Kier molecular flexibility index (Phi) is 7.05. The standard InChI is InChI=1S/C21H18BrN7O4/c1-30-14-5-2-3-6-15(14)33-16-17(23)28-19(18-24-7-4-8-25-18)29-20(16)31-9-10-32-21-26-11-13(22)12-27-21/h2-8,11-12H,9-10H2,1H3,(H2,23,28,29). The zero-order chi connectivity index (χ0) is 23.0. The monoisotopic (exact) mass is 511 g/mol. The van der Waals surface area contributed by atoms with Crippen molar-refractivity contribution in [2.45, 2.75) is 0 Å². The van der Waals surface area contributed by atoms with Crippen LogP contribution in [-0.2, 0) is 0 Å². The summed E-state index contributed by atoms with van der Waals surface area (Å²) in [5.41, 5.74) is 6.20. The van der Waals surface area contributed by atoms with E-state index in [1.54, 1.807) is 49.1 Å². The molecule has 0 amide bonds. The van der Waals surface area contributed by atoms with Crippen LogP contribution in [0.15, 0.2) is 59.6 Å². The summed E-state index contributed by atoms with van der Waals surface area (Å²) in [5.74, 6) is 1.67. The highest BCUT2D eigenvalue weighted by Crippen LogP contribution is 2.39. The van der Waals surface area contributed by atoms with Gasteiger partial charge in [-0.2, -0.15) is 4.98 Å². The molecule has 168 valence electrons. The number of anilines is 1. The number of methoxy groups -OCH3 is 1. The van der Waals surface area contributed by atoms with Crippen LogP contribution in [0.5, 0.6) is 29.1 Å². The van der Waals surface area contributed by atoms with Gasteiger partial charge < -0.3 is 24.7 Å². The SMILES string of the molecule is COc1ccccc1Oc1c(N)nc(-c2ncccn2)nc1OCCOc1ncc(Br)cn1. The normalized spacial score (nSPS) is 10.5. The van der Waals surface area contributed by atoms with Crippen LogP contribution < -0.4 is 24.7 Å². The number of ether oxygens (including phenoxy) is 4. The highest BCUT2D eigenvalue weighted by Gasteiger charge is 2.20. The van der Waals surface area contributed by atoms with E-state index in [1.165, 1.54) is 7.11 Å². The second-order valence-corrected chi connectivity index (χ2v) is 7.19. The lowest BCUT2D eigenvalue weighted by Gasteiger charge is -2.15. The van der Waals surface area contributed by atoms with Crippen LogP contribution in [0.3, 0.4) is 0 Å². The highest BCUT2D eigenvalue weighted by atomic mass is 79.9. The van der Waals surface area contributed by atoms with Gasteiger partial charge in [0.25, 0.3) is 5.88 Å². The largest absolute Gasteiger partial charge is 0.493 e. The molecular weight excluding hydrogens is 494 g/mol. The lowest BCUT2D eigenvalue weighted by atomic mass is 10.3. The second-order valence-electron chi connectivity index (χ2n) is 6.27. The first-order valence-corrected chi connectivity index (χ1v) is 10.4.